The molecule has 0 aliphatic carbocycles. The first kappa shape index (κ1) is 18.4. The number of hydrogen-bond donors (Lipinski definition) is 2. The van der Waals surface area contributed by atoms with Crippen molar-refractivity contribution in [3.63, 3.8) is 0 Å². The van der Waals surface area contributed by atoms with Crippen molar-refractivity contribution in [2.75, 3.05) is 5.32 Å². The number of carbonyl (C=O) groups excluding carboxylic acids is 2. The Hall–Kier alpha value is -4.00. The Morgan fingerprint density at radius 2 is 1.76 bits per heavy atom. The lowest BCUT2D eigenvalue weighted by Crippen LogP contribution is -2.24. The van der Waals surface area contributed by atoms with E-state index in [0.717, 1.165) is 5.56 Å². The maximum Gasteiger partial charge on any atom is 0.257 e. The molecule has 2 heterocycles. The summed E-state index contributed by atoms with van der Waals surface area (Å²) in [5.74, 6) is -0.642. The Labute approximate surface area is 166 Å². The normalized spacial score (nSPS) is 10.7. The monoisotopic (exact) mass is 386 g/mol. The molecule has 2 aromatic heterocycles. The Bertz CT molecular complexity index is 1190. The van der Waals surface area contributed by atoms with E-state index in [0.29, 0.717) is 40.2 Å². The maximum atomic E-state index is 12.7. The van der Waals surface area contributed by atoms with Gasteiger partial charge < -0.3 is 15.2 Å². The minimum atomic E-state index is -0.372. The summed E-state index contributed by atoms with van der Waals surface area (Å²) in [7, 11) is 0. The second-order valence-corrected chi connectivity index (χ2v) is 6.51. The topological polar surface area (TPSA) is 97.1 Å². The van der Waals surface area contributed by atoms with Crippen LogP contribution in [0.25, 0.3) is 11.1 Å². The highest BCUT2D eigenvalue weighted by molar-refractivity contribution is 6.09. The van der Waals surface area contributed by atoms with E-state index in [-0.39, 0.29) is 11.8 Å². The lowest BCUT2D eigenvalue weighted by Gasteiger charge is -2.11. The zero-order valence-electron chi connectivity index (χ0n) is 15.7. The average Bonchev–Trinajstić information content (AvgIpc) is 3.13. The molecule has 0 spiro atoms. The fourth-order valence-corrected chi connectivity index (χ4v) is 2.93. The van der Waals surface area contributed by atoms with Crippen LogP contribution in [0.1, 0.15) is 32.0 Å². The molecule has 0 aliphatic rings. The van der Waals surface area contributed by atoms with Gasteiger partial charge in [0.15, 0.2) is 0 Å². The molecule has 7 nitrogen and oxygen atoms in total. The second-order valence-electron chi connectivity index (χ2n) is 6.51. The fraction of sp³-hybridized carbons (Fsp3) is 0.0909. The summed E-state index contributed by atoms with van der Waals surface area (Å²) >= 11 is 0. The highest BCUT2D eigenvalue weighted by Crippen LogP contribution is 2.20. The number of rotatable bonds is 5. The quantitative estimate of drug-likeness (QED) is 0.545. The number of nitrogens with zero attached hydrogens (tertiary/aromatic N) is 2. The molecule has 4 aromatic rings. The van der Waals surface area contributed by atoms with Crippen LogP contribution in [0.15, 0.2) is 71.4 Å². The predicted octanol–water partition coefficient (Wildman–Crippen LogP) is 3.71. The standard InChI is InChI=1S/C22H18N4O3/c1-14-18-11-16(13-24-22(18)29-26-14)20(27)25-19-10-6-5-9-17(19)21(28)23-12-15-7-3-2-4-8-15/h2-11,13H,12H2,1H3,(H,23,28)(H,25,27). The number of aryl methyl sites for hydroxylation is 1. The van der Waals surface area contributed by atoms with Crippen LogP contribution >= 0.6 is 0 Å². The summed E-state index contributed by atoms with van der Waals surface area (Å²) in [6.45, 7) is 2.18. The van der Waals surface area contributed by atoms with E-state index < -0.39 is 0 Å². The minimum absolute atomic E-state index is 0.270. The van der Waals surface area contributed by atoms with Gasteiger partial charge in [-0.2, -0.15) is 0 Å². The van der Waals surface area contributed by atoms with Gasteiger partial charge in [0.2, 0.25) is 0 Å². The lowest BCUT2D eigenvalue weighted by atomic mass is 10.1. The summed E-state index contributed by atoms with van der Waals surface area (Å²) in [6, 6.07) is 18.2. The third-order valence-electron chi connectivity index (χ3n) is 4.49. The molecule has 2 aromatic carbocycles. The highest BCUT2D eigenvalue weighted by Gasteiger charge is 2.16. The summed E-state index contributed by atoms with van der Waals surface area (Å²) in [4.78, 5) is 29.5. The lowest BCUT2D eigenvalue weighted by molar-refractivity contribution is 0.0952. The van der Waals surface area contributed by atoms with Gasteiger partial charge in [-0.05, 0) is 30.7 Å². The van der Waals surface area contributed by atoms with Gasteiger partial charge in [0.05, 0.1) is 27.9 Å². The van der Waals surface area contributed by atoms with E-state index in [1.807, 2.05) is 30.3 Å². The third-order valence-corrected chi connectivity index (χ3v) is 4.49. The van der Waals surface area contributed by atoms with Crippen LogP contribution in [-0.4, -0.2) is 22.0 Å². The van der Waals surface area contributed by atoms with Crippen LogP contribution in [0, 0.1) is 6.92 Å². The van der Waals surface area contributed by atoms with Gasteiger partial charge in [-0.1, -0.05) is 47.6 Å². The van der Waals surface area contributed by atoms with Crippen LogP contribution < -0.4 is 10.6 Å². The summed E-state index contributed by atoms with van der Waals surface area (Å²) in [5.41, 5.74) is 3.17. The third kappa shape index (κ3) is 3.98. The van der Waals surface area contributed by atoms with Crippen molar-refractivity contribution in [3.8, 4) is 0 Å². The number of carbonyl (C=O) groups is 2. The average molecular weight is 386 g/mol. The zero-order valence-corrected chi connectivity index (χ0v) is 15.7. The molecule has 0 saturated carbocycles. The number of anilines is 1. The number of hydrogen-bond acceptors (Lipinski definition) is 5. The van der Waals surface area contributed by atoms with Crippen molar-refractivity contribution in [2.45, 2.75) is 13.5 Å². The Morgan fingerprint density at radius 1 is 1.00 bits per heavy atom. The molecule has 2 amide bonds. The number of para-hydroxylation sites is 1. The smallest absolute Gasteiger partial charge is 0.257 e. The molecule has 0 fully saturated rings. The molecule has 2 N–H and O–H groups in total. The van der Waals surface area contributed by atoms with Crippen molar-refractivity contribution in [2.24, 2.45) is 0 Å². The number of amides is 2. The minimum Gasteiger partial charge on any atom is -0.348 e. The van der Waals surface area contributed by atoms with Crippen molar-refractivity contribution in [1.29, 1.82) is 0 Å². The summed E-state index contributed by atoms with van der Waals surface area (Å²) < 4.78 is 5.07. The van der Waals surface area contributed by atoms with E-state index in [9.17, 15) is 9.59 Å². The van der Waals surface area contributed by atoms with Crippen LogP contribution in [0.3, 0.4) is 0 Å². The first-order valence-electron chi connectivity index (χ1n) is 9.06. The predicted molar refractivity (Wildman–Crippen MR) is 109 cm³/mol. The molecule has 0 unspecified atom stereocenters. The number of benzene rings is 2. The number of nitrogens with one attached hydrogen (secondary N) is 2. The van der Waals surface area contributed by atoms with Gasteiger partial charge in [0, 0.05) is 12.7 Å². The van der Waals surface area contributed by atoms with Gasteiger partial charge in [0.1, 0.15) is 0 Å². The maximum absolute atomic E-state index is 12.7. The fourth-order valence-electron chi connectivity index (χ4n) is 2.93. The summed E-state index contributed by atoms with van der Waals surface area (Å²) in [6.07, 6.45) is 1.42. The molecular formula is C22H18N4O3. The first-order valence-corrected chi connectivity index (χ1v) is 9.06. The van der Waals surface area contributed by atoms with E-state index in [4.69, 9.17) is 4.52 Å². The van der Waals surface area contributed by atoms with Crippen LogP contribution in [0.5, 0.6) is 0 Å². The van der Waals surface area contributed by atoms with Gasteiger partial charge >= 0.3 is 0 Å². The molecule has 0 bridgehead atoms. The zero-order chi connectivity index (χ0) is 20.2. The molecule has 0 radical (unpaired) electrons. The van der Waals surface area contributed by atoms with Crippen molar-refractivity contribution in [1.82, 2.24) is 15.5 Å². The molecule has 0 saturated heterocycles. The molecule has 0 atom stereocenters. The highest BCUT2D eigenvalue weighted by atomic mass is 16.5. The van der Waals surface area contributed by atoms with Gasteiger partial charge in [-0.15, -0.1) is 0 Å². The van der Waals surface area contributed by atoms with Gasteiger partial charge in [-0.3, -0.25) is 9.59 Å². The molecule has 7 heteroatoms. The first-order chi connectivity index (χ1) is 14.1. The summed E-state index contributed by atoms with van der Waals surface area (Å²) in [5, 5.41) is 10.2. The van der Waals surface area contributed by atoms with E-state index in [2.05, 4.69) is 20.8 Å². The Morgan fingerprint density at radius 3 is 2.59 bits per heavy atom. The number of aromatic nitrogens is 2. The Kier molecular flexibility index (Phi) is 5.03. The molecular weight excluding hydrogens is 368 g/mol. The van der Waals surface area contributed by atoms with Crippen molar-refractivity contribution < 1.29 is 14.1 Å². The SMILES string of the molecule is Cc1noc2ncc(C(=O)Nc3ccccc3C(=O)NCc3ccccc3)cc12. The van der Waals surface area contributed by atoms with Gasteiger partial charge in [-0.25, -0.2) is 4.98 Å². The largest absolute Gasteiger partial charge is 0.348 e. The number of fused-ring (bicyclic) bond motifs is 1. The molecule has 4 rings (SSSR count). The molecule has 29 heavy (non-hydrogen) atoms. The van der Waals surface area contributed by atoms with Crippen LogP contribution in [0.4, 0.5) is 5.69 Å². The second kappa shape index (κ2) is 7.93. The van der Waals surface area contributed by atoms with E-state index in [1.54, 1.807) is 37.3 Å². The van der Waals surface area contributed by atoms with Crippen LogP contribution in [-0.2, 0) is 6.54 Å². The van der Waals surface area contributed by atoms with Crippen LogP contribution in [0.2, 0.25) is 0 Å². The van der Waals surface area contributed by atoms with E-state index >= 15 is 0 Å². The van der Waals surface area contributed by atoms with E-state index in [1.165, 1.54) is 6.20 Å². The number of pyridine rings is 1. The van der Waals surface area contributed by atoms with Crippen molar-refractivity contribution in [3.05, 3.63) is 89.2 Å². The Balaban J connectivity index is 1.52. The molecule has 0 aliphatic heterocycles. The molecule has 144 valence electrons. The van der Waals surface area contributed by atoms with Crippen molar-refractivity contribution >= 4 is 28.6 Å². The van der Waals surface area contributed by atoms with Gasteiger partial charge in [0.25, 0.3) is 17.5 Å².